The lowest BCUT2D eigenvalue weighted by Gasteiger charge is -2.17. The van der Waals surface area contributed by atoms with E-state index in [1.807, 2.05) is 7.05 Å². The van der Waals surface area contributed by atoms with Crippen LogP contribution in [0, 0.1) is 5.92 Å². The number of hydrogen-bond donors (Lipinski definition) is 1. The molecule has 1 aliphatic rings. The molecule has 4 nitrogen and oxygen atoms in total. The molecule has 3 rings (SSSR count). The van der Waals surface area contributed by atoms with Gasteiger partial charge in [0.15, 0.2) is 0 Å². The fraction of sp³-hybridized carbons (Fsp3) is 0.571. The van der Waals surface area contributed by atoms with E-state index in [4.69, 9.17) is 4.74 Å². The number of nitrogens with one attached hydrogen (secondary N) is 1. The van der Waals surface area contributed by atoms with E-state index in [1.165, 1.54) is 18.9 Å². The van der Waals surface area contributed by atoms with Gasteiger partial charge in [0.25, 0.3) is 0 Å². The van der Waals surface area contributed by atoms with Gasteiger partial charge in [-0.15, -0.1) is 0 Å². The summed E-state index contributed by atoms with van der Waals surface area (Å²) in [5.74, 6) is 0.697. The second kappa shape index (κ2) is 8.99. The minimum atomic E-state index is -4.43. The van der Waals surface area contributed by atoms with Crippen LogP contribution in [0.2, 0.25) is 0 Å². The number of alkyl halides is 3. The number of rotatable bonds is 8. The first-order valence-corrected chi connectivity index (χ1v) is 9.93. The Morgan fingerprint density at radius 2 is 1.96 bits per heavy atom. The topological polar surface area (TPSA) is 41.2 Å². The molecule has 0 spiro atoms. The standard InChI is InChI=1S/C21H28F3N3O/c1-3-8-27(2)13-17-12-25-26-20(17)16-9-18(21(22,23)24)11-19(10-16)28-14-15-6-4-5-7-15/h9-12,15H,3-8,13-14H2,1-2H3,(H,25,26). The summed E-state index contributed by atoms with van der Waals surface area (Å²) in [7, 11) is 1.99. The number of nitrogens with zero attached hydrogens (tertiary/aromatic N) is 2. The van der Waals surface area contributed by atoms with Crippen molar-refractivity contribution < 1.29 is 17.9 Å². The maximum absolute atomic E-state index is 13.5. The lowest BCUT2D eigenvalue weighted by molar-refractivity contribution is -0.137. The lowest BCUT2D eigenvalue weighted by Crippen LogP contribution is -2.18. The van der Waals surface area contributed by atoms with E-state index < -0.39 is 11.7 Å². The molecule has 0 saturated heterocycles. The molecule has 0 atom stereocenters. The Balaban J connectivity index is 1.87. The Labute approximate surface area is 164 Å². The van der Waals surface area contributed by atoms with Crippen LogP contribution in [0.25, 0.3) is 11.3 Å². The molecular weight excluding hydrogens is 367 g/mol. The number of H-pyrrole nitrogens is 1. The first-order chi connectivity index (χ1) is 13.4. The van der Waals surface area contributed by atoms with Crippen molar-refractivity contribution >= 4 is 0 Å². The van der Waals surface area contributed by atoms with Crippen molar-refractivity contribution in [2.45, 2.75) is 51.7 Å². The molecule has 0 radical (unpaired) electrons. The molecule has 1 aromatic heterocycles. The molecule has 28 heavy (non-hydrogen) atoms. The molecule has 0 aliphatic heterocycles. The van der Waals surface area contributed by atoms with Gasteiger partial charge in [0.2, 0.25) is 0 Å². The highest BCUT2D eigenvalue weighted by atomic mass is 19.4. The average molecular weight is 395 g/mol. The van der Waals surface area contributed by atoms with Crippen LogP contribution in [-0.4, -0.2) is 35.3 Å². The Morgan fingerprint density at radius 1 is 1.21 bits per heavy atom. The minimum absolute atomic E-state index is 0.263. The smallest absolute Gasteiger partial charge is 0.416 e. The highest BCUT2D eigenvalue weighted by Gasteiger charge is 2.32. The highest BCUT2D eigenvalue weighted by molar-refractivity contribution is 5.66. The van der Waals surface area contributed by atoms with Crippen LogP contribution < -0.4 is 4.74 Å². The van der Waals surface area contributed by atoms with Crippen LogP contribution in [0.15, 0.2) is 24.4 Å². The number of ether oxygens (including phenoxy) is 1. The van der Waals surface area contributed by atoms with Crippen molar-refractivity contribution in [3.8, 4) is 17.0 Å². The Kier molecular flexibility index (Phi) is 6.65. The van der Waals surface area contributed by atoms with Gasteiger partial charge in [-0.1, -0.05) is 19.8 Å². The van der Waals surface area contributed by atoms with Gasteiger partial charge in [0, 0.05) is 17.7 Å². The zero-order valence-electron chi connectivity index (χ0n) is 16.5. The number of aromatic nitrogens is 2. The molecule has 154 valence electrons. The molecule has 0 amide bonds. The number of hydrogen-bond acceptors (Lipinski definition) is 3. The maximum Gasteiger partial charge on any atom is 0.416 e. The van der Waals surface area contributed by atoms with Crippen LogP contribution in [0.3, 0.4) is 0 Å². The van der Waals surface area contributed by atoms with Crippen molar-refractivity contribution in [1.29, 1.82) is 0 Å². The van der Waals surface area contributed by atoms with Gasteiger partial charge >= 0.3 is 6.18 Å². The van der Waals surface area contributed by atoms with Gasteiger partial charge in [-0.3, -0.25) is 5.10 Å². The fourth-order valence-electron chi connectivity index (χ4n) is 3.81. The first kappa shape index (κ1) is 20.7. The fourth-order valence-corrected chi connectivity index (χ4v) is 3.81. The van der Waals surface area contributed by atoms with Crippen molar-refractivity contribution in [3.05, 3.63) is 35.5 Å². The molecule has 2 aromatic rings. The van der Waals surface area contributed by atoms with Crippen LogP contribution in [0.4, 0.5) is 13.2 Å². The molecular formula is C21H28F3N3O. The Hall–Kier alpha value is -2.02. The third-order valence-electron chi connectivity index (χ3n) is 5.25. The predicted octanol–water partition coefficient (Wildman–Crippen LogP) is 5.51. The number of halogens is 3. The average Bonchev–Trinajstić information content (AvgIpc) is 3.31. The van der Waals surface area contributed by atoms with Crippen LogP contribution >= 0.6 is 0 Å². The number of aromatic amines is 1. The van der Waals surface area contributed by atoms with E-state index in [9.17, 15) is 13.2 Å². The molecule has 1 fully saturated rings. The monoisotopic (exact) mass is 395 g/mol. The van der Waals surface area contributed by atoms with E-state index >= 15 is 0 Å². The summed E-state index contributed by atoms with van der Waals surface area (Å²) in [6.45, 7) is 4.08. The zero-order chi connectivity index (χ0) is 20.1. The van der Waals surface area contributed by atoms with E-state index in [-0.39, 0.29) is 5.75 Å². The molecule has 0 unspecified atom stereocenters. The SMILES string of the molecule is CCCN(C)Cc1cn[nH]c1-c1cc(OCC2CCCC2)cc(C(F)(F)F)c1. The van der Waals surface area contributed by atoms with Crippen molar-refractivity contribution in [2.75, 3.05) is 20.2 Å². The molecule has 1 N–H and O–H groups in total. The van der Waals surface area contributed by atoms with Gasteiger partial charge in [-0.2, -0.15) is 18.3 Å². The molecule has 7 heteroatoms. The second-order valence-corrected chi connectivity index (χ2v) is 7.71. The minimum Gasteiger partial charge on any atom is -0.493 e. The third-order valence-corrected chi connectivity index (χ3v) is 5.25. The van der Waals surface area contributed by atoms with Gasteiger partial charge in [-0.05, 0) is 57.0 Å². The summed E-state index contributed by atoms with van der Waals surface area (Å²) < 4.78 is 46.1. The van der Waals surface area contributed by atoms with E-state index in [2.05, 4.69) is 22.0 Å². The molecule has 1 saturated carbocycles. The summed E-state index contributed by atoms with van der Waals surface area (Å²) in [4.78, 5) is 2.12. The van der Waals surface area contributed by atoms with Crippen molar-refractivity contribution in [1.82, 2.24) is 15.1 Å². The Bertz CT molecular complexity index is 766. The quantitative estimate of drug-likeness (QED) is 0.641. The largest absolute Gasteiger partial charge is 0.493 e. The van der Waals surface area contributed by atoms with Crippen LogP contribution in [0.5, 0.6) is 5.75 Å². The summed E-state index contributed by atoms with van der Waals surface area (Å²) in [5, 5.41) is 6.94. The van der Waals surface area contributed by atoms with Crippen molar-refractivity contribution in [3.63, 3.8) is 0 Å². The second-order valence-electron chi connectivity index (χ2n) is 7.71. The highest BCUT2D eigenvalue weighted by Crippen LogP contribution is 2.36. The molecule has 1 aliphatic carbocycles. The predicted molar refractivity (Wildman–Crippen MR) is 103 cm³/mol. The van der Waals surface area contributed by atoms with E-state index in [1.54, 1.807) is 12.3 Å². The third kappa shape index (κ3) is 5.28. The van der Waals surface area contributed by atoms with Crippen molar-refractivity contribution in [2.24, 2.45) is 5.92 Å². The van der Waals surface area contributed by atoms with E-state index in [0.717, 1.165) is 37.4 Å². The van der Waals surface area contributed by atoms with Crippen LogP contribution in [0.1, 0.15) is 50.2 Å². The van der Waals surface area contributed by atoms with Gasteiger partial charge < -0.3 is 9.64 Å². The first-order valence-electron chi connectivity index (χ1n) is 9.93. The summed E-state index contributed by atoms with van der Waals surface area (Å²) >= 11 is 0. The lowest BCUT2D eigenvalue weighted by atomic mass is 10.0. The normalized spacial score (nSPS) is 15.5. The summed E-state index contributed by atoms with van der Waals surface area (Å²) in [5.41, 5.74) is 1.24. The number of benzene rings is 1. The summed E-state index contributed by atoms with van der Waals surface area (Å²) in [6, 6.07) is 3.94. The zero-order valence-corrected chi connectivity index (χ0v) is 16.5. The molecule has 1 aromatic carbocycles. The van der Waals surface area contributed by atoms with Gasteiger partial charge in [0.05, 0.1) is 24.1 Å². The molecule has 0 bridgehead atoms. The maximum atomic E-state index is 13.5. The summed E-state index contributed by atoms with van der Waals surface area (Å²) in [6.07, 6.45) is 2.77. The Morgan fingerprint density at radius 3 is 2.64 bits per heavy atom. The van der Waals surface area contributed by atoms with Crippen LogP contribution in [-0.2, 0) is 12.7 Å². The van der Waals surface area contributed by atoms with E-state index in [0.29, 0.717) is 30.3 Å². The molecule has 1 heterocycles. The van der Waals surface area contributed by atoms with Gasteiger partial charge in [-0.25, -0.2) is 0 Å². The van der Waals surface area contributed by atoms with Gasteiger partial charge in [0.1, 0.15) is 5.75 Å².